The van der Waals surface area contributed by atoms with Crippen molar-refractivity contribution < 1.29 is 13.6 Å². The number of halogens is 1. The van der Waals surface area contributed by atoms with Crippen LogP contribution in [0, 0.1) is 31.0 Å². The number of carbonyl (C=O) groups excluding carboxylic acids is 1. The third-order valence-corrected chi connectivity index (χ3v) is 5.99. The second-order valence-electron chi connectivity index (χ2n) is 8.17. The number of nitrogens with zero attached hydrogens (tertiary/aromatic N) is 3. The van der Waals surface area contributed by atoms with Crippen LogP contribution in [-0.2, 0) is 11.2 Å². The minimum atomic E-state index is -0.293. The Bertz CT molecular complexity index is 974. The number of rotatable bonds is 6. The number of hydrogen-bond acceptors (Lipinski definition) is 5. The summed E-state index contributed by atoms with van der Waals surface area (Å²) in [5.41, 5.74) is 2.02. The summed E-state index contributed by atoms with van der Waals surface area (Å²) in [6, 6.07) is 6.74. The quantitative estimate of drug-likeness (QED) is 0.810. The second-order valence-corrected chi connectivity index (χ2v) is 8.17. The molecule has 2 aromatic rings. The molecule has 1 atom stereocenters. The van der Waals surface area contributed by atoms with Gasteiger partial charge in [-0.2, -0.15) is 5.26 Å². The highest BCUT2D eigenvalue weighted by atomic mass is 19.1. The summed E-state index contributed by atoms with van der Waals surface area (Å²) in [7, 11) is 0. The van der Waals surface area contributed by atoms with E-state index in [9.17, 15) is 14.4 Å². The molecule has 2 aliphatic rings. The Labute approximate surface area is 169 Å². The zero-order chi connectivity index (χ0) is 20.6. The van der Waals surface area contributed by atoms with E-state index in [1.807, 2.05) is 6.92 Å². The first-order valence-corrected chi connectivity index (χ1v) is 10.1. The molecule has 0 unspecified atom stereocenters. The number of nitrogens with one attached hydrogen (secondary N) is 1. The number of hydrogen-bond donors (Lipinski definition) is 1. The molecule has 1 aliphatic heterocycles. The number of benzene rings is 1. The maximum atomic E-state index is 13.5. The van der Waals surface area contributed by atoms with Crippen LogP contribution in [0.25, 0.3) is 11.5 Å². The van der Waals surface area contributed by atoms with Crippen LogP contribution in [0.15, 0.2) is 22.6 Å². The molecule has 29 heavy (non-hydrogen) atoms. The molecule has 6 nitrogen and oxygen atoms in total. The van der Waals surface area contributed by atoms with Crippen LogP contribution in [0.2, 0.25) is 0 Å². The fourth-order valence-corrected chi connectivity index (χ4v) is 3.94. The molecular formula is C22H25FN4O2. The van der Waals surface area contributed by atoms with Gasteiger partial charge in [0.05, 0.1) is 18.3 Å². The Morgan fingerprint density at radius 1 is 1.45 bits per heavy atom. The lowest BCUT2D eigenvalue weighted by atomic mass is 10.1. The largest absolute Gasteiger partial charge is 0.441 e. The average Bonchev–Trinajstić information content (AvgIpc) is 3.13. The van der Waals surface area contributed by atoms with Gasteiger partial charge < -0.3 is 14.6 Å². The SMILES string of the molecule is Cc1cc(-c2nc(CC3(NCC(=O)N4CCC[C@H]4C#N)CC3)c(C)o2)ccc1F. The maximum Gasteiger partial charge on any atom is 0.237 e. The van der Waals surface area contributed by atoms with Crippen LogP contribution in [0.5, 0.6) is 0 Å². The van der Waals surface area contributed by atoms with Crippen molar-refractivity contribution >= 4 is 5.91 Å². The second kappa shape index (κ2) is 7.60. The molecule has 0 radical (unpaired) electrons. The number of nitriles is 1. The van der Waals surface area contributed by atoms with E-state index in [-0.39, 0.29) is 29.8 Å². The van der Waals surface area contributed by atoms with Gasteiger partial charge in [0.25, 0.3) is 0 Å². The van der Waals surface area contributed by atoms with Crippen molar-refractivity contribution in [3.63, 3.8) is 0 Å². The molecule has 2 heterocycles. The van der Waals surface area contributed by atoms with Crippen LogP contribution in [0.4, 0.5) is 4.39 Å². The molecule has 0 bridgehead atoms. The summed E-state index contributed by atoms with van der Waals surface area (Å²) < 4.78 is 19.4. The standard InChI is InChI=1S/C22H25FN4O2/c1-14-10-16(5-6-18(14)23)21-26-19(15(2)29-21)11-22(7-8-22)25-13-20(28)27-9-3-4-17(27)12-24/h5-6,10,17,25H,3-4,7-9,11,13H2,1-2H3/t17-/m0/s1. The van der Waals surface area contributed by atoms with Crippen LogP contribution in [0.1, 0.15) is 42.7 Å². The number of likely N-dealkylation sites (tertiary alicyclic amines) is 1. The fourth-order valence-electron chi connectivity index (χ4n) is 3.94. The molecule has 1 aromatic heterocycles. The molecule has 2 fully saturated rings. The summed E-state index contributed by atoms with van der Waals surface area (Å²) in [6.07, 6.45) is 4.27. The minimum absolute atomic E-state index is 0.0142. The molecular weight excluding hydrogens is 371 g/mol. The molecule has 1 saturated heterocycles. The van der Waals surface area contributed by atoms with Crippen molar-refractivity contribution in [1.29, 1.82) is 5.26 Å². The molecule has 1 aromatic carbocycles. The van der Waals surface area contributed by atoms with Crippen LogP contribution >= 0.6 is 0 Å². The Kier molecular flexibility index (Phi) is 5.13. The number of aromatic nitrogens is 1. The Morgan fingerprint density at radius 3 is 2.93 bits per heavy atom. The smallest absolute Gasteiger partial charge is 0.237 e. The van der Waals surface area contributed by atoms with E-state index in [1.165, 1.54) is 6.07 Å². The molecule has 4 rings (SSSR count). The highest BCUT2D eigenvalue weighted by molar-refractivity contribution is 5.79. The normalized spacial score (nSPS) is 19.9. The first-order valence-electron chi connectivity index (χ1n) is 10.1. The Hall–Kier alpha value is -2.72. The highest BCUT2D eigenvalue weighted by Crippen LogP contribution is 2.39. The summed E-state index contributed by atoms with van der Waals surface area (Å²) in [4.78, 5) is 18.8. The lowest BCUT2D eigenvalue weighted by Crippen LogP contribution is -2.45. The van der Waals surface area contributed by atoms with E-state index < -0.39 is 0 Å². The van der Waals surface area contributed by atoms with Gasteiger partial charge >= 0.3 is 0 Å². The van der Waals surface area contributed by atoms with Gasteiger partial charge in [0.2, 0.25) is 11.8 Å². The molecule has 1 aliphatic carbocycles. The number of aryl methyl sites for hydroxylation is 2. The number of amides is 1. The van der Waals surface area contributed by atoms with Gasteiger partial charge in [0, 0.05) is 24.1 Å². The van der Waals surface area contributed by atoms with Gasteiger partial charge in [-0.15, -0.1) is 0 Å². The molecule has 7 heteroatoms. The Morgan fingerprint density at radius 2 is 2.24 bits per heavy atom. The summed E-state index contributed by atoms with van der Waals surface area (Å²) in [6.45, 7) is 4.49. The minimum Gasteiger partial charge on any atom is -0.441 e. The van der Waals surface area contributed by atoms with Crippen molar-refractivity contribution in [3.05, 3.63) is 41.0 Å². The van der Waals surface area contributed by atoms with Crippen LogP contribution < -0.4 is 5.32 Å². The Balaban J connectivity index is 1.41. The van der Waals surface area contributed by atoms with Gasteiger partial charge in [-0.1, -0.05) is 0 Å². The maximum absolute atomic E-state index is 13.5. The topological polar surface area (TPSA) is 82.2 Å². The van der Waals surface area contributed by atoms with Crippen LogP contribution in [0.3, 0.4) is 0 Å². The van der Waals surface area contributed by atoms with Gasteiger partial charge in [0.15, 0.2) is 0 Å². The van der Waals surface area contributed by atoms with Crippen molar-refractivity contribution in [2.75, 3.05) is 13.1 Å². The summed E-state index contributed by atoms with van der Waals surface area (Å²) in [5.74, 6) is 0.964. The molecule has 1 saturated carbocycles. The van der Waals surface area contributed by atoms with E-state index in [0.29, 0.717) is 24.4 Å². The molecule has 1 amide bonds. The lowest BCUT2D eigenvalue weighted by Gasteiger charge is -2.22. The number of carbonyl (C=O) groups is 1. The molecule has 152 valence electrons. The van der Waals surface area contributed by atoms with Gasteiger partial charge in [-0.3, -0.25) is 4.79 Å². The van der Waals surface area contributed by atoms with Crippen LogP contribution in [-0.4, -0.2) is 40.5 Å². The predicted octanol–water partition coefficient (Wildman–Crippen LogP) is 3.28. The lowest BCUT2D eigenvalue weighted by molar-refractivity contribution is -0.130. The highest BCUT2D eigenvalue weighted by Gasteiger charge is 2.44. The van der Waals surface area contributed by atoms with Gasteiger partial charge in [0.1, 0.15) is 17.6 Å². The van der Waals surface area contributed by atoms with Crippen molar-refractivity contribution in [1.82, 2.24) is 15.2 Å². The van der Waals surface area contributed by atoms with Crippen molar-refractivity contribution in [3.8, 4) is 17.5 Å². The first-order chi connectivity index (χ1) is 13.9. The molecule has 0 spiro atoms. The zero-order valence-electron chi connectivity index (χ0n) is 16.8. The van der Waals surface area contributed by atoms with Gasteiger partial charge in [-0.05, 0) is 63.3 Å². The summed E-state index contributed by atoms with van der Waals surface area (Å²) in [5, 5.41) is 12.6. The van der Waals surface area contributed by atoms with E-state index in [4.69, 9.17) is 4.42 Å². The first kappa shape index (κ1) is 19.6. The predicted molar refractivity (Wildman–Crippen MR) is 105 cm³/mol. The summed E-state index contributed by atoms with van der Waals surface area (Å²) >= 11 is 0. The van der Waals surface area contributed by atoms with E-state index in [1.54, 1.807) is 24.0 Å². The monoisotopic (exact) mass is 396 g/mol. The van der Waals surface area contributed by atoms with Crippen molar-refractivity contribution in [2.24, 2.45) is 0 Å². The third kappa shape index (κ3) is 4.03. The average molecular weight is 396 g/mol. The third-order valence-electron chi connectivity index (χ3n) is 5.99. The van der Waals surface area contributed by atoms with E-state index in [2.05, 4.69) is 16.4 Å². The molecule has 1 N–H and O–H groups in total. The zero-order valence-corrected chi connectivity index (χ0v) is 16.8. The van der Waals surface area contributed by atoms with Gasteiger partial charge in [-0.25, -0.2) is 9.37 Å². The fraction of sp³-hybridized carbons (Fsp3) is 0.500. The van der Waals surface area contributed by atoms with E-state index in [0.717, 1.165) is 42.7 Å². The van der Waals surface area contributed by atoms with E-state index >= 15 is 0 Å². The van der Waals surface area contributed by atoms with Crippen molar-refractivity contribution in [2.45, 2.75) is 57.5 Å². The number of oxazole rings is 1.